The first-order valence-corrected chi connectivity index (χ1v) is 12.6. The number of hydrogen-bond acceptors (Lipinski definition) is 2. The summed E-state index contributed by atoms with van der Waals surface area (Å²) < 4.78 is 3.49. The summed E-state index contributed by atoms with van der Waals surface area (Å²) in [6.45, 7) is 7.35. The van der Waals surface area contributed by atoms with Gasteiger partial charge in [-0.2, -0.15) is 0 Å². The average molecular weight is 532 g/mol. The van der Waals surface area contributed by atoms with Crippen LogP contribution in [0.5, 0.6) is 0 Å². The van der Waals surface area contributed by atoms with Gasteiger partial charge >= 0.3 is 0 Å². The standard InChI is InChI=1S/C28H27BrN4S/c1-18-15-22(12-13-24(18)29)33-27(26(31-28(33)34)25-11-7-8-14-30-25)23-16-19(2)32(20(23)3)17-21-9-5-4-6-10-21/h4-16,26-27H,17H2,1-3H3,(H,31,34). The molecule has 2 unspecified atom stereocenters. The molecule has 3 heterocycles. The van der Waals surface area contributed by atoms with Gasteiger partial charge in [-0.1, -0.05) is 52.3 Å². The maximum Gasteiger partial charge on any atom is 0.174 e. The third-order valence-corrected chi connectivity index (χ3v) is 7.84. The van der Waals surface area contributed by atoms with Crippen molar-refractivity contribution in [3.63, 3.8) is 0 Å². The summed E-state index contributed by atoms with van der Waals surface area (Å²) in [4.78, 5) is 6.95. The molecular formula is C28H27BrN4S. The van der Waals surface area contributed by atoms with E-state index < -0.39 is 0 Å². The van der Waals surface area contributed by atoms with Crippen molar-refractivity contribution in [1.82, 2.24) is 14.9 Å². The van der Waals surface area contributed by atoms with Crippen LogP contribution in [0, 0.1) is 20.8 Å². The monoisotopic (exact) mass is 530 g/mol. The first kappa shape index (κ1) is 22.8. The van der Waals surface area contributed by atoms with E-state index in [1.807, 2.05) is 18.3 Å². The number of pyridine rings is 1. The minimum Gasteiger partial charge on any atom is -0.351 e. The second-order valence-electron chi connectivity index (χ2n) is 8.83. The lowest BCUT2D eigenvalue weighted by Gasteiger charge is -2.28. The molecule has 1 fully saturated rings. The SMILES string of the molecule is Cc1cc(N2C(=S)NC(c3ccccn3)C2c2cc(C)n(Cc3ccccc3)c2C)ccc1Br. The van der Waals surface area contributed by atoms with Gasteiger partial charge < -0.3 is 14.8 Å². The van der Waals surface area contributed by atoms with E-state index in [0.29, 0.717) is 0 Å². The van der Waals surface area contributed by atoms with Crippen LogP contribution in [0.25, 0.3) is 0 Å². The molecule has 6 heteroatoms. The van der Waals surface area contributed by atoms with Crippen molar-refractivity contribution in [2.45, 2.75) is 39.4 Å². The van der Waals surface area contributed by atoms with Gasteiger partial charge in [-0.3, -0.25) is 4.98 Å². The first-order chi connectivity index (χ1) is 16.4. The molecule has 0 radical (unpaired) electrons. The summed E-state index contributed by atoms with van der Waals surface area (Å²) in [5.41, 5.74) is 8.27. The number of aryl methyl sites for hydroxylation is 2. The molecule has 0 aliphatic carbocycles. The van der Waals surface area contributed by atoms with Gasteiger partial charge in [0.05, 0.1) is 17.8 Å². The van der Waals surface area contributed by atoms with Crippen LogP contribution >= 0.6 is 28.1 Å². The predicted octanol–water partition coefficient (Wildman–Crippen LogP) is 6.80. The maximum atomic E-state index is 5.91. The summed E-state index contributed by atoms with van der Waals surface area (Å²) >= 11 is 9.55. The Hall–Kier alpha value is -2.96. The number of nitrogens with one attached hydrogen (secondary N) is 1. The number of anilines is 1. The molecule has 2 aromatic heterocycles. The Labute approximate surface area is 214 Å². The predicted molar refractivity (Wildman–Crippen MR) is 146 cm³/mol. The quantitative estimate of drug-likeness (QED) is 0.287. The zero-order valence-corrected chi connectivity index (χ0v) is 21.9. The van der Waals surface area contributed by atoms with E-state index in [9.17, 15) is 0 Å². The van der Waals surface area contributed by atoms with E-state index in [-0.39, 0.29) is 12.1 Å². The molecule has 2 aromatic carbocycles. The van der Waals surface area contributed by atoms with Crippen LogP contribution in [-0.4, -0.2) is 14.7 Å². The molecule has 34 heavy (non-hydrogen) atoms. The van der Waals surface area contributed by atoms with Crippen molar-refractivity contribution < 1.29 is 0 Å². The summed E-state index contributed by atoms with van der Waals surface area (Å²) in [5.74, 6) is 0. The van der Waals surface area contributed by atoms with Gasteiger partial charge in [0.1, 0.15) is 0 Å². The second kappa shape index (κ2) is 9.35. The van der Waals surface area contributed by atoms with Crippen molar-refractivity contribution in [2.75, 3.05) is 4.90 Å². The second-order valence-corrected chi connectivity index (χ2v) is 10.1. The molecule has 1 aliphatic rings. The molecule has 4 nitrogen and oxygen atoms in total. The molecule has 2 atom stereocenters. The normalized spacial score (nSPS) is 17.8. The molecule has 1 N–H and O–H groups in total. The third kappa shape index (κ3) is 4.17. The van der Waals surface area contributed by atoms with Gasteiger partial charge in [0, 0.05) is 34.3 Å². The summed E-state index contributed by atoms with van der Waals surface area (Å²) in [5, 5.41) is 4.30. The Morgan fingerprint density at radius 3 is 2.44 bits per heavy atom. The van der Waals surface area contributed by atoms with Gasteiger partial charge in [-0.25, -0.2) is 0 Å². The molecule has 5 rings (SSSR count). The van der Waals surface area contributed by atoms with Crippen LogP contribution in [-0.2, 0) is 6.54 Å². The smallest absolute Gasteiger partial charge is 0.174 e. The number of thiocarbonyl (C=S) groups is 1. The molecule has 0 saturated carbocycles. The van der Waals surface area contributed by atoms with Gasteiger partial charge in [-0.05, 0) is 86.1 Å². The highest BCUT2D eigenvalue weighted by Gasteiger charge is 2.42. The van der Waals surface area contributed by atoms with Crippen molar-refractivity contribution >= 4 is 38.9 Å². The largest absolute Gasteiger partial charge is 0.351 e. The number of halogens is 1. The minimum atomic E-state index is -0.0525. The third-order valence-electron chi connectivity index (χ3n) is 6.63. The zero-order chi connectivity index (χ0) is 23.8. The Morgan fingerprint density at radius 2 is 1.74 bits per heavy atom. The molecule has 1 saturated heterocycles. The highest BCUT2D eigenvalue weighted by Crippen LogP contribution is 2.43. The van der Waals surface area contributed by atoms with E-state index in [0.717, 1.165) is 27.5 Å². The number of rotatable bonds is 5. The molecule has 1 aliphatic heterocycles. The van der Waals surface area contributed by atoms with Crippen molar-refractivity contribution in [3.8, 4) is 0 Å². The van der Waals surface area contributed by atoms with Crippen LogP contribution < -0.4 is 10.2 Å². The maximum absolute atomic E-state index is 5.91. The first-order valence-electron chi connectivity index (χ1n) is 11.4. The van der Waals surface area contributed by atoms with E-state index >= 15 is 0 Å². The lowest BCUT2D eigenvalue weighted by molar-refractivity contribution is 0.563. The fraction of sp³-hybridized carbons (Fsp3) is 0.214. The summed E-state index contributed by atoms with van der Waals surface area (Å²) in [7, 11) is 0. The molecule has 0 amide bonds. The molecule has 172 valence electrons. The van der Waals surface area contributed by atoms with Gasteiger partial charge in [0.2, 0.25) is 0 Å². The Bertz CT molecular complexity index is 1330. The fourth-order valence-corrected chi connectivity index (χ4v) is 5.46. The molecular weight excluding hydrogens is 504 g/mol. The van der Waals surface area contributed by atoms with Gasteiger partial charge in [-0.15, -0.1) is 0 Å². The van der Waals surface area contributed by atoms with Crippen molar-refractivity contribution in [3.05, 3.63) is 117 Å². The van der Waals surface area contributed by atoms with Crippen LogP contribution in [0.1, 0.15) is 45.9 Å². The lowest BCUT2D eigenvalue weighted by atomic mass is 9.96. The highest BCUT2D eigenvalue weighted by atomic mass is 79.9. The zero-order valence-electron chi connectivity index (χ0n) is 19.5. The van der Waals surface area contributed by atoms with E-state index in [4.69, 9.17) is 17.2 Å². The Kier molecular flexibility index (Phi) is 6.28. The van der Waals surface area contributed by atoms with Crippen molar-refractivity contribution in [1.29, 1.82) is 0 Å². The summed E-state index contributed by atoms with van der Waals surface area (Å²) in [6.07, 6.45) is 1.85. The van der Waals surface area contributed by atoms with Crippen LogP contribution in [0.3, 0.4) is 0 Å². The highest BCUT2D eigenvalue weighted by molar-refractivity contribution is 9.10. The van der Waals surface area contributed by atoms with E-state index in [2.05, 4.69) is 112 Å². The lowest BCUT2D eigenvalue weighted by Crippen LogP contribution is -2.29. The molecule has 0 bridgehead atoms. The van der Waals surface area contributed by atoms with E-state index in [1.54, 1.807) is 0 Å². The van der Waals surface area contributed by atoms with Crippen LogP contribution in [0.4, 0.5) is 5.69 Å². The molecule has 0 spiro atoms. The van der Waals surface area contributed by atoms with Crippen LogP contribution in [0.15, 0.2) is 83.5 Å². The fourth-order valence-electron chi connectivity index (χ4n) is 4.86. The number of hydrogen-bond donors (Lipinski definition) is 1. The number of aromatic nitrogens is 2. The number of benzene rings is 2. The molecule has 4 aromatic rings. The number of nitrogens with zero attached hydrogens (tertiary/aromatic N) is 3. The Morgan fingerprint density at radius 1 is 0.971 bits per heavy atom. The van der Waals surface area contributed by atoms with Crippen LogP contribution in [0.2, 0.25) is 0 Å². The Balaban J connectivity index is 1.63. The minimum absolute atomic E-state index is 0.0151. The topological polar surface area (TPSA) is 33.1 Å². The average Bonchev–Trinajstić information content (AvgIpc) is 3.33. The van der Waals surface area contributed by atoms with Gasteiger partial charge in [0.15, 0.2) is 5.11 Å². The summed E-state index contributed by atoms with van der Waals surface area (Å²) in [6, 6.07) is 25.3. The van der Waals surface area contributed by atoms with Gasteiger partial charge in [0.25, 0.3) is 0 Å². The van der Waals surface area contributed by atoms with E-state index in [1.165, 1.54) is 28.1 Å². The van der Waals surface area contributed by atoms with Crippen molar-refractivity contribution in [2.24, 2.45) is 0 Å².